The van der Waals surface area contributed by atoms with Gasteiger partial charge in [-0.15, -0.1) is 11.8 Å². The van der Waals surface area contributed by atoms with E-state index in [1.165, 1.54) is 25.0 Å². The van der Waals surface area contributed by atoms with Gasteiger partial charge in [0.15, 0.2) is 5.65 Å². The summed E-state index contributed by atoms with van der Waals surface area (Å²) in [4.78, 5) is 27.3. The third-order valence-electron chi connectivity index (χ3n) is 3.04. The largest absolute Gasteiger partial charge is 0.273 e. The minimum atomic E-state index is -0.104. The number of imidazole rings is 1. The Morgan fingerprint density at radius 1 is 1.45 bits per heavy atom. The Morgan fingerprint density at radius 2 is 2.27 bits per heavy atom. The maximum atomic E-state index is 11.9. The fourth-order valence-corrected chi connectivity index (χ4v) is 2.52. The molecule has 0 saturated heterocycles. The SMILES string of the molecule is CSc1ncnc2c1ncn2N(CCCCN=[N+]=[N-])C(C)=O. The smallest absolute Gasteiger partial charge is 0.238 e. The number of aromatic nitrogens is 4. The van der Waals surface area contributed by atoms with Crippen molar-refractivity contribution in [3.63, 3.8) is 0 Å². The lowest BCUT2D eigenvalue weighted by Crippen LogP contribution is -2.39. The zero-order valence-corrected chi connectivity index (χ0v) is 13.2. The van der Waals surface area contributed by atoms with E-state index in [4.69, 9.17) is 5.53 Å². The van der Waals surface area contributed by atoms with Gasteiger partial charge in [-0.3, -0.25) is 4.79 Å². The molecule has 2 rings (SSSR count). The normalized spacial score (nSPS) is 10.5. The number of hydrogen-bond donors (Lipinski definition) is 0. The van der Waals surface area contributed by atoms with Crippen LogP contribution >= 0.6 is 11.8 Å². The second-order valence-electron chi connectivity index (χ2n) is 4.45. The number of fused-ring (bicyclic) bond motifs is 1. The lowest BCUT2D eigenvalue weighted by molar-refractivity contribution is -0.118. The van der Waals surface area contributed by atoms with Crippen LogP contribution in [0.15, 0.2) is 22.8 Å². The minimum Gasteiger partial charge on any atom is -0.273 e. The Morgan fingerprint density at radius 3 is 2.95 bits per heavy atom. The molecule has 0 bridgehead atoms. The Hall–Kier alpha value is -2.32. The topological polar surface area (TPSA) is 113 Å². The first-order valence-corrected chi connectivity index (χ1v) is 7.92. The molecule has 0 atom stereocenters. The van der Waals surface area contributed by atoms with Crippen molar-refractivity contribution in [2.45, 2.75) is 24.8 Å². The number of unbranched alkanes of at least 4 members (excludes halogenated alkanes) is 1. The van der Waals surface area contributed by atoms with Gasteiger partial charge >= 0.3 is 0 Å². The van der Waals surface area contributed by atoms with Crippen molar-refractivity contribution in [1.29, 1.82) is 0 Å². The van der Waals surface area contributed by atoms with Gasteiger partial charge in [0.1, 0.15) is 23.2 Å². The molecule has 0 aliphatic rings. The summed E-state index contributed by atoms with van der Waals surface area (Å²) in [5, 5.41) is 5.83. The van der Waals surface area contributed by atoms with E-state index in [0.717, 1.165) is 11.4 Å². The van der Waals surface area contributed by atoms with Crippen molar-refractivity contribution < 1.29 is 4.79 Å². The highest BCUT2D eigenvalue weighted by Crippen LogP contribution is 2.21. The Labute approximate surface area is 131 Å². The molecular weight excluding hydrogens is 304 g/mol. The molecule has 10 heteroatoms. The van der Waals surface area contributed by atoms with Gasteiger partial charge < -0.3 is 0 Å². The Kier molecular flexibility index (Phi) is 5.56. The molecule has 2 heterocycles. The first-order valence-electron chi connectivity index (χ1n) is 6.70. The van der Waals surface area contributed by atoms with Gasteiger partial charge in [0, 0.05) is 24.9 Å². The van der Waals surface area contributed by atoms with Gasteiger partial charge in [-0.2, -0.15) is 0 Å². The van der Waals surface area contributed by atoms with Gasteiger partial charge in [0.25, 0.3) is 0 Å². The summed E-state index contributed by atoms with van der Waals surface area (Å²) in [5.41, 5.74) is 9.52. The van der Waals surface area contributed by atoms with Crippen molar-refractivity contribution in [2.24, 2.45) is 5.11 Å². The van der Waals surface area contributed by atoms with E-state index in [9.17, 15) is 4.79 Å². The summed E-state index contributed by atoms with van der Waals surface area (Å²) in [6, 6.07) is 0. The molecule has 0 fully saturated rings. The predicted molar refractivity (Wildman–Crippen MR) is 84.1 cm³/mol. The van der Waals surface area contributed by atoms with E-state index in [2.05, 4.69) is 25.0 Å². The highest BCUT2D eigenvalue weighted by molar-refractivity contribution is 7.98. The van der Waals surface area contributed by atoms with Gasteiger partial charge in [0.2, 0.25) is 5.91 Å². The van der Waals surface area contributed by atoms with Crippen LogP contribution < -0.4 is 5.01 Å². The van der Waals surface area contributed by atoms with Crippen LogP contribution in [0.5, 0.6) is 0 Å². The number of amides is 1. The van der Waals surface area contributed by atoms with E-state index >= 15 is 0 Å². The summed E-state index contributed by atoms with van der Waals surface area (Å²) < 4.78 is 1.65. The average Bonchev–Trinajstić information content (AvgIpc) is 2.94. The average molecular weight is 320 g/mol. The number of thioether (sulfide) groups is 1. The van der Waals surface area contributed by atoms with E-state index < -0.39 is 0 Å². The summed E-state index contributed by atoms with van der Waals surface area (Å²) >= 11 is 1.48. The van der Waals surface area contributed by atoms with Gasteiger partial charge in [-0.1, -0.05) is 5.11 Å². The molecule has 0 aromatic carbocycles. The summed E-state index contributed by atoms with van der Waals surface area (Å²) in [6.07, 6.45) is 6.39. The molecule has 0 radical (unpaired) electrons. The van der Waals surface area contributed by atoms with Gasteiger partial charge in [0.05, 0.1) is 0 Å². The maximum absolute atomic E-state index is 11.9. The minimum absolute atomic E-state index is 0.104. The highest BCUT2D eigenvalue weighted by Gasteiger charge is 2.16. The van der Waals surface area contributed by atoms with Crippen LogP contribution in [0.3, 0.4) is 0 Å². The number of azide groups is 1. The first-order chi connectivity index (χ1) is 10.7. The monoisotopic (exact) mass is 320 g/mol. The number of carbonyl (C=O) groups is 1. The van der Waals surface area contributed by atoms with Crippen LogP contribution in [0.4, 0.5) is 0 Å². The van der Waals surface area contributed by atoms with Crippen molar-refractivity contribution in [2.75, 3.05) is 24.4 Å². The van der Waals surface area contributed by atoms with Crippen molar-refractivity contribution in [3.05, 3.63) is 23.1 Å². The van der Waals surface area contributed by atoms with Crippen LogP contribution in [0.2, 0.25) is 0 Å². The number of rotatable bonds is 7. The number of nitrogens with zero attached hydrogens (tertiary/aromatic N) is 8. The van der Waals surface area contributed by atoms with Crippen LogP contribution in [-0.4, -0.2) is 44.9 Å². The fourth-order valence-electron chi connectivity index (χ4n) is 2.03. The number of carbonyl (C=O) groups excluding carboxylic acids is 1. The highest BCUT2D eigenvalue weighted by atomic mass is 32.2. The molecular formula is C12H16N8OS. The molecule has 22 heavy (non-hydrogen) atoms. The Balaban J connectivity index is 2.22. The molecule has 0 unspecified atom stereocenters. The molecule has 0 aliphatic heterocycles. The third kappa shape index (κ3) is 3.46. The van der Waals surface area contributed by atoms with E-state index in [1.807, 2.05) is 6.26 Å². The molecule has 0 N–H and O–H groups in total. The van der Waals surface area contributed by atoms with Gasteiger partial charge in [-0.25, -0.2) is 24.6 Å². The molecule has 9 nitrogen and oxygen atoms in total. The Bertz CT molecular complexity index is 708. The quantitative estimate of drug-likeness (QED) is 0.194. The maximum Gasteiger partial charge on any atom is 0.238 e. The standard InChI is InChI=1S/C12H16N8OS/c1-9(21)19(6-4-3-5-17-18-13)20-8-16-10-11(20)14-7-15-12(10)22-2/h7-8H,3-6H2,1-2H3. The first kappa shape index (κ1) is 16.1. The van der Waals surface area contributed by atoms with E-state index in [0.29, 0.717) is 30.7 Å². The molecule has 0 spiro atoms. The molecule has 2 aromatic rings. The molecule has 2 aromatic heterocycles. The van der Waals surface area contributed by atoms with Crippen LogP contribution in [0, 0.1) is 0 Å². The second kappa shape index (κ2) is 7.62. The van der Waals surface area contributed by atoms with Crippen LogP contribution in [0.25, 0.3) is 21.6 Å². The second-order valence-corrected chi connectivity index (χ2v) is 5.24. The summed E-state index contributed by atoms with van der Waals surface area (Å²) in [6.45, 7) is 2.42. The van der Waals surface area contributed by atoms with Crippen LogP contribution in [0.1, 0.15) is 19.8 Å². The lowest BCUT2D eigenvalue weighted by atomic mass is 10.3. The molecule has 1 amide bonds. The predicted octanol–water partition coefficient (Wildman–Crippen LogP) is 2.12. The van der Waals surface area contributed by atoms with E-state index in [-0.39, 0.29) is 5.91 Å². The summed E-state index contributed by atoms with van der Waals surface area (Å²) in [5.74, 6) is -0.104. The van der Waals surface area contributed by atoms with Crippen molar-refractivity contribution >= 4 is 28.8 Å². The summed E-state index contributed by atoms with van der Waals surface area (Å²) in [7, 11) is 0. The fraction of sp³-hybridized carbons (Fsp3) is 0.500. The van der Waals surface area contributed by atoms with Gasteiger partial charge in [-0.05, 0) is 24.6 Å². The van der Waals surface area contributed by atoms with Crippen LogP contribution in [-0.2, 0) is 4.79 Å². The zero-order chi connectivity index (χ0) is 15.9. The lowest BCUT2D eigenvalue weighted by Gasteiger charge is -2.21. The van der Waals surface area contributed by atoms with Crippen molar-refractivity contribution in [3.8, 4) is 0 Å². The molecule has 0 aliphatic carbocycles. The zero-order valence-electron chi connectivity index (χ0n) is 12.4. The van der Waals surface area contributed by atoms with E-state index in [1.54, 1.807) is 16.0 Å². The third-order valence-corrected chi connectivity index (χ3v) is 3.73. The molecule has 0 saturated carbocycles. The molecule has 116 valence electrons. The van der Waals surface area contributed by atoms with Crippen molar-refractivity contribution in [1.82, 2.24) is 19.6 Å². The number of hydrogen-bond acceptors (Lipinski definition) is 6.